The second-order valence-electron chi connectivity index (χ2n) is 2.98. The average molecular weight is 198 g/mol. The minimum absolute atomic E-state index is 0.0229. The predicted molar refractivity (Wildman–Crippen MR) is 50.5 cm³/mol. The molecule has 1 rings (SSSR count). The Morgan fingerprint density at radius 3 is 2.64 bits per heavy atom. The molecular formula is C9H11FN2O2. The van der Waals surface area contributed by atoms with Gasteiger partial charge in [-0.3, -0.25) is 10.1 Å². The maximum absolute atomic E-state index is 13.1. The highest BCUT2D eigenvalue weighted by molar-refractivity contribution is 5.35. The van der Waals surface area contributed by atoms with Crippen molar-refractivity contribution in [3.8, 4) is 0 Å². The summed E-state index contributed by atoms with van der Waals surface area (Å²) in [6.45, 7) is 1.85. The van der Waals surface area contributed by atoms with Gasteiger partial charge >= 0.3 is 5.69 Å². The Kier molecular flexibility index (Phi) is 3.14. The Labute approximate surface area is 80.9 Å². The van der Waals surface area contributed by atoms with Gasteiger partial charge in [-0.25, -0.2) is 0 Å². The third-order valence-corrected chi connectivity index (χ3v) is 2.10. The summed E-state index contributed by atoms with van der Waals surface area (Å²) in [5, 5.41) is 13.2. The lowest BCUT2D eigenvalue weighted by atomic mass is 10.1. The number of nitro groups is 1. The fourth-order valence-corrected chi connectivity index (χ4v) is 1.11. The molecule has 0 aliphatic heterocycles. The Hall–Kier alpha value is -1.49. The van der Waals surface area contributed by atoms with Gasteiger partial charge in [0.15, 0.2) is 0 Å². The molecule has 1 aromatic carbocycles. The predicted octanol–water partition coefficient (Wildman–Crippen LogP) is 2.01. The van der Waals surface area contributed by atoms with Crippen LogP contribution in [0.3, 0.4) is 0 Å². The summed E-state index contributed by atoms with van der Waals surface area (Å²) in [5.41, 5.74) is 0.202. The average Bonchev–Trinajstić information content (AvgIpc) is 2.15. The van der Waals surface area contributed by atoms with Gasteiger partial charge < -0.3 is 5.32 Å². The molecule has 1 atom stereocenters. The summed E-state index contributed by atoms with van der Waals surface area (Å²) in [4.78, 5) is 9.59. The minimum atomic E-state index is -0.797. The van der Waals surface area contributed by atoms with Crippen LogP contribution in [0.25, 0.3) is 0 Å². The monoisotopic (exact) mass is 198 g/mol. The Morgan fingerprint density at radius 1 is 1.57 bits per heavy atom. The molecule has 76 valence electrons. The number of halogens is 1. The first kappa shape index (κ1) is 10.6. The Morgan fingerprint density at radius 2 is 2.21 bits per heavy atom. The van der Waals surface area contributed by atoms with Crippen LogP contribution >= 0.6 is 0 Å². The topological polar surface area (TPSA) is 55.2 Å². The number of rotatable bonds is 3. The molecule has 0 saturated heterocycles. The molecule has 1 aromatic rings. The van der Waals surface area contributed by atoms with E-state index < -0.39 is 16.4 Å². The highest BCUT2D eigenvalue weighted by Gasteiger charge is 2.15. The molecule has 0 spiro atoms. The largest absolute Gasteiger partial charge is 0.313 e. The number of nitrogens with one attached hydrogen (secondary N) is 1. The molecule has 0 aromatic heterocycles. The molecule has 0 amide bonds. The Bertz CT molecular complexity index is 355. The molecule has 0 fully saturated rings. The van der Waals surface area contributed by atoms with Crippen molar-refractivity contribution in [3.63, 3.8) is 0 Å². The number of hydrogen-bond donors (Lipinski definition) is 1. The normalized spacial score (nSPS) is 12.5. The molecular weight excluding hydrogens is 187 g/mol. The van der Waals surface area contributed by atoms with E-state index in [1.54, 1.807) is 13.1 Å². The summed E-state index contributed by atoms with van der Waals surface area (Å²) in [5.74, 6) is -0.797. The van der Waals surface area contributed by atoms with Crippen LogP contribution in [0, 0.1) is 15.9 Å². The lowest BCUT2D eigenvalue weighted by molar-refractivity contribution is -0.387. The summed E-state index contributed by atoms with van der Waals surface area (Å²) in [6.07, 6.45) is 0. The van der Waals surface area contributed by atoms with E-state index >= 15 is 0 Å². The number of benzene rings is 1. The van der Waals surface area contributed by atoms with Crippen molar-refractivity contribution in [2.24, 2.45) is 0 Å². The first-order valence-corrected chi connectivity index (χ1v) is 4.17. The Balaban J connectivity index is 3.06. The molecule has 0 unspecified atom stereocenters. The van der Waals surface area contributed by atoms with Crippen LogP contribution < -0.4 is 5.32 Å². The maximum Gasteiger partial charge on any atom is 0.304 e. The smallest absolute Gasteiger partial charge is 0.304 e. The van der Waals surface area contributed by atoms with Crippen LogP contribution in [-0.4, -0.2) is 12.0 Å². The SMILES string of the molecule is CN[C@@H](C)c1ccc([N+](=O)[O-])c(F)c1. The van der Waals surface area contributed by atoms with Crippen LogP contribution in [0.15, 0.2) is 18.2 Å². The molecule has 1 N–H and O–H groups in total. The standard InChI is InChI=1S/C9H11FN2O2/c1-6(11-2)7-3-4-9(12(13)14)8(10)5-7/h3-6,11H,1-2H3/t6-/m0/s1. The van der Waals surface area contributed by atoms with Crippen molar-refractivity contribution in [3.05, 3.63) is 39.7 Å². The summed E-state index contributed by atoms with van der Waals surface area (Å²) < 4.78 is 13.1. The van der Waals surface area contributed by atoms with Crippen molar-refractivity contribution >= 4 is 5.69 Å². The van der Waals surface area contributed by atoms with Gasteiger partial charge in [0.25, 0.3) is 0 Å². The molecule has 14 heavy (non-hydrogen) atoms. The van der Waals surface area contributed by atoms with Gasteiger partial charge in [0.2, 0.25) is 5.82 Å². The van der Waals surface area contributed by atoms with E-state index in [9.17, 15) is 14.5 Å². The van der Waals surface area contributed by atoms with E-state index in [1.165, 1.54) is 12.1 Å². The van der Waals surface area contributed by atoms with Gasteiger partial charge in [0.1, 0.15) is 0 Å². The third-order valence-electron chi connectivity index (χ3n) is 2.10. The molecule has 0 heterocycles. The van der Waals surface area contributed by atoms with Crippen LogP contribution in [0.4, 0.5) is 10.1 Å². The van der Waals surface area contributed by atoms with Crippen molar-refractivity contribution < 1.29 is 9.31 Å². The van der Waals surface area contributed by atoms with Crippen LogP contribution in [0.5, 0.6) is 0 Å². The lowest BCUT2D eigenvalue weighted by Crippen LogP contribution is -2.12. The van der Waals surface area contributed by atoms with Gasteiger partial charge in [-0.05, 0) is 25.6 Å². The van der Waals surface area contributed by atoms with Crippen molar-refractivity contribution in [2.75, 3.05) is 7.05 Å². The first-order valence-electron chi connectivity index (χ1n) is 4.17. The minimum Gasteiger partial charge on any atom is -0.313 e. The third kappa shape index (κ3) is 2.05. The molecule has 0 aliphatic carbocycles. The quantitative estimate of drug-likeness (QED) is 0.597. The summed E-state index contributed by atoms with van der Waals surface area (Å²) in [7, 11) is 1.74. The van der Waals surface area contributed by atoms with Crippen molar-refractivity contribution in [1.29, 1.82) is 0 Å². The second kappa shape index (κ2) is 4.15. The van der Waals surface area contributed by atoms with Crippen LogP contribution in [0.2, 0.25) is 0 Å². The number of hydrogen-bond acceptors (Lipinski definition) is 3. The lowest BCUT2D eigenvalue weighted by Gasteiger charge is -2.09. The number of nitrogens with zero attached hydrogens (tertiary/aromatic N) is 1. The second-order valence-corrected chi connectivity index (χ2v) is 2.98. The molecule has 0 bridgehead atoms. The molecule has 4 nitrogen and oxygen atoms in total. The van der Waals surface area contributed by atoms with Gasteiger partial charge in [-0.1, -0.05) is 6.07 Å². The van der Waals surface area contributed by atoms with Gasteiger partial charge in [0.05, 0.1) is 4.92 Å². The van der Waals surface area contributed by atoms with Crippen LogP contribution in [-0.2, 0) is 0 Å². The molecule has 0 aliphatic rings. The zero-order valence-corrected chi connectivity index (χ0v) is 7.95. The first-order chi connectivity index (χ1) is 6.56. The highest BCUT2D eigenvalue weighted by Crippen LogP contribution is 2.21. The number of nitro benzene ring substituents is 1. The maximum atomic E-state index is 13.1. The van der Waals surface area contributed by atoms with Gasteiger partial charge in [0, 0.05) is 12.1 Å². The van der Waals surface area contributed by atoms with E-state index in [-0.39, 0.29) is 6.04 Å². The van der Waals surface area contributed by atoms with Crippen LogP contribution in [0.1, 0.15) is 18.5 Å². The fourth-order valence-electron chi connectivity index (χ4n) is 1.11. The molecule has 5 heteroatoms. The van der Waals surface area contributed by atoms with E-state index in [4.69, 9.17) is 0 Å². The van der Waals surface area contributed by atoms with Crippen molar-refractivity contribution in [2.45, 2.75) is 13.0 Å². The molecule has 0 radical (unpaired) electrons. The van der Waals surface area contributed by atoms with E-state index in [1.807, 2.05) is 6.92 Å². The fraction of sp³-hybridized carbons (Fsp3) is 0.333. The van der Waals surface area contributed by atoms with E-state index in [0.29, 0.717) is 5.56 Å². The van der Waals surface area contributed by atoms with Gasteiger partial charge in [-0.15, -0.1) is 0 Å². The summed E-state index contributed by atoms with van der Waals surface area (Å²) in [6, 6.07) is 3.88. The zero-order chi connectivity index (χ0) is 10.7. The highest BCUT2D eigenvalue weighted by atomic mass is 19.1. The zero-order valence-electron chi connectivity index (χ0n) is 7.95. The molecule has 0 saturated carbocycles. The summed E-state index contributed by atoms with van der Waals surface area (Å²) >= 11 is 0. The van der Waals surface area contributed by atoms with Crippen molar-refractivity contribution in [1.82, 2.24) is 5.32 Å². The van der Waals surface area contributed by atoms with Gasteiger partial charge in [-0.2, -0.15) is 4.39 Å². The van der Waals surface area contributed by atoms with E-state index in [0.717, 1.165) is 0 Å². The van der Waals surface area contributed by atoms with E-state index in [2.05, 4.69) is 5.32 Å².